The Balaban J connectivity index is 0.000000338. The third-order valence-corrected chi connectivity index (χ3v) is 5.16. The summed E-state index contributed by atoms with van der Waals surface area (Å²) < 4.78 is 35.4. The lowest BCUT2D eigenvalue weighted by atomic mass is 10.2. The summed E-state index contributed by atoms with van der Waals surface area (Å²) in [6.07, 6.45) is 1.04. The first-order valence-electron chi connectivity index (χ1n) is 6.53. The molecule has 1 aromatic heterocycles. The SMILES string of the molecule is [O-][Cl+3]([O-])([O-])[O-].c1ccc(Cc2sc(-c3ccccc3)c[s+]2)cc1. The highest BCUT2D eigenvalue weighted by Crippen LogP contribution is 2.32. The van der Waals surface area contributed by atoms with Crippen molar-refractivity contribution in [1.82, 2.24) is 0 Å². The van der Waals surface area contributed by atoms with Crippen molar-refractivity contribution in [3.8, 4) is 10.4 Å². The van der Waals surface area contributed by atoms with Crippen molar-refractivity contribution >= 4 is 22.7 Å². The van der Waals surface area contributed by atoms with Crippen LogP contribution in [0.4, 0.5) is 0 Å². The summed E-state index contributed by atoms with van der Waals surface area (Å²) in [7, 11) is -4.94. The fraction of sp³-hybridized carbons (Fsp3) is 0.0625. The predicted molar refractivity (Wildman–Crippen MR) is 81.3 cm³/mol. The van der Waals surface area contributed by atoms with Gasteiger partial charge in [0.25, 0.3) is 4.19 Å². The van der Waals surface area contributed by atoms with Gasteiger partial charge < -0.3 is 0 Å². The summed E-state index contributed by atoms with van der Waals surface area (Å²) in [5, 5.41) is 2.26. The van der Waals surface area contributed by atoms with Gasteiger partial charge in [-0.3, -0.25) is 0 Å². The first-order chi connectivity index (χ1) is 10.9. The zero-order valence-corrected chi connectivity index (χ0v) is 14.3. The smallest absolute Gasteiger partial charge is 0.222 e. The molecule has 2 aromatic carbocycles. The van der Waals surface area contributed by atoms with Crippen LogP contribution in [0.2, 0.25) is 0 Å². The Hall–Kier alpha value is -1.38. The van der Waals surface area contributed by atoms with Crippen molar-refractivity contribution in [1.29, 1.82) is 0 Å². The minimum Gasteiger partial charge on any atom is -0.222 e. The first kappa shape index (κ1) is 18.0. The van der Waals surface area contributed by atoms with Crippen LogP contribution in [0.5, 0.6) is 0 Å². The monoisotopic (exact) mass is 368 g/mol. The van der Waals surface area contributed by atoms with Crippen LogP contribution in [0.15, 0.2) is 66.0 Å². The minimum atomic E-state index is -4.94. The van der Waals surface area contributed by atoms with E-state index in [1.165, 1.54) is 20.2 Å². The zero-order chi connectivity index (χ0) is 16.7. The normalized spacial score (nSPS) is 10.8. The molecule has 0 saturated heterocycles. The molecular weight excluding hydrogens is 356 g/mol. The maximum atomic E-state index is 8.49. The Labute approximate surface area is 144 Å². The van der Waals surface area contributed by atoms with Crippen molar-refractivity contribution in [2.24, 2.45) is 0 Å². The van der Waals surface area contributed by atoms with Gasteiger partial charge in [-0.05, 0) is 5.56 Å². The maximum Gasteiger partial charge on any atom is 0.259 e. The van der Waals surface area contributed by atoms with E-state index in [4.69, 9.17) is 18.6 Å². The molecule has 120 valence electrons. The van der Waals surface area contributed by atoms with Gasteiger partial charge in [0.15, 0.2) is 4.88 Å². The van der Waals surface area contributed by atoms with Gasteiger partial charge in [0.1, 0.15) is 5.38 Å². The third kappa shape index (κ3) is 7.15. The van der Waals surface area contributed by atoms with E-state index >= 15 is 0 Å². The van der Waals surface area contributed by atoms with Crippen molar-refractivity contribution in [2.45, 2.75) is 6.42 Å². The molecular formula is C16H13ClO4S2. The fourth-order valence-corrected chi connectivity index (χ4v) is 4.17. The topological polar surface area (TPSA) is 92.2 Å². The second kappa shape index (κ2) is 8.47. The third-order valence-electron chi connectivity index (χ3n) is 2.77. The van der Waals surface area contributed by atoms with Crippen LogP contribution in [0.1, 0.15) is 9.75 Å². The molecule has 0 aliphatic heterocycles. The van der Waals surface area contributed by atoms with Crippen LogP contribution in [-0.4, -0.2) is 0 Å². The fourth-order valence-electron chi connectivity index (χ4n) is 1.86. The summed E-state index contributed by atoms with van der Waals surface area (Å²) in [5.74, 6) is 0. The lowest BCUT2D eigenvalue weighted by molar-refractivity contribution is -2.00. The van der Waals surface area contributed by atoms with Gasteiger partial charge in [-0.1, -0.05) is 60.7 Å². The first-order valence-corrected chi connectivity index (χ1v) is 9.46. The molecule has 0 atom stereocenters. The lowest BCUT2D eigenvalue weighted by Crippen LogP contribution is -2.68. The molecule has 0 fully saturated rings. The number of hydrogen-bond acceptors (Lipinski definition) is 5. The quantitative estimate of drug-likeness (QED) is 0.632. The van der Waals surface area contributed by atoms with Crippen LogP contribution < -0.4 is 18.6 Å². The van der Waals surface area contributed by atoms with Crippen molar-refractivity contribution in [3.63, 3.8) is 0 Å². The molecule has 0 amide bonds. The Morgan fingerprint density at radius 2 is 1.35 bits per heavy atom. The average Bonchev–Trinajstić information content (AvgIpc) is 2.96. The second-order valence-electron chi connectivity index (χ2n) is 4.48. The Morgan fingerprint density at radius 3 is 1.91 bits per heavy atom. The van der Waals surface area contributed by atoms with E-state index in [1.807, 2.05) is 22.7 Å². The molecule has 23 heavy (non-hydrogen) atoms. The lowest BCUT2D eigenvalue weighted by Gasteiger charge is -2.17. The summed E-state index contributed by atoms with van der Waals surface area (Å²) >= 11 is 3.76. The average molecular weight is 369 g/mol. The van der Waals surface area contributed by atoms with Gasteiger partial charge in [-0.25, -0.2) is 18.6 Å². The molecule has 1 heterocycles. The molecule has 0 aliphatic carbocycles. The van der Waals surface area contributed by atoms with Gasteiger partial charge in [-0.15, -0.1) is 10.2 Å². The molecule has 0 unspecified atom stereocenters. The van der Waals surface area contributed by atoms with Gasteiger partial charge in [-0.2, -0.15) is 0 Å². The number of rotatable bonds is 3. The van der Waals surface area contributed by atoms with Gasteiger partial charge in [0, 0.05) is 5.56 Å². The largest absolute Gasteiger partial charge is 0.259 e. The van der Waals surface area contributed by atoms with E-state index in [-0.39, 0.29) is 0 Å². The molecule has 0 aliphatic rings. The Kier molecular flexibility index (Phi) is 6.61. The van der Waals surface area contributed by atoms with E-state index in [9.17, 15) is 0 Å². The van der Waals surface area contributed by atoms with Crippen molar-refractivity contribution in [3.05, 3.63) is 75.8 Å². The number of hydrogen-bond donors (Lipinski definition) is 0. The van der Waals surface area contributed by atoms with Crippen molar-refractivity contribution < 1.29 is 28.9 Å². The molecule has 7 heteroatoms. The number of halogens is 1. The minimum absolute atomic E-state index is 1.04. The van der Waals surface area contributed by atoms with Crippen LogP contribution in [0.25, 0.3) is 10.4 Å². The van der Waals surface area contributed by atoms with E-state index < -0.39 is 10.2 Å². The molecule has 0 bridgehead atoms. The van der Waals surface area contributed by atoms with E-state index in [0.29, 0.717) is 0 Å². The molecule has 0 spiro atoms. The summed E-state index contributed by atoms with van der Waals surface area (Å²) in [4.78, 5) is 1.37. The van der Waals surface area contributed by atoms with Crippen LogP contribution in [0.3, 0.4) is 0 Å². The molecule has 0 N–H and O–H groups in total. The van der Waals surface area contributed by atoms with E-state index in [0.717, 1.165) is 6.42 Å². The highest BCUT2D eigenvalue weighted by molar-refractivity contribution is 7.32. The highest BCUT2D eigenvalue weighted by Gasteiger charge is 2.15. The number of benzene rings is 2. The van der Waals surface area contributed by atoms with Crippen LogP contribution >= 0.6 is 22.7 Å². The molecule has 0 saturated carbocycles. The Morgan fingerprint density at radius 1 is 0.826 bits per heavy atom. The van der Waals surface area contributed by atoms with Gasteiger partial charge in [0.2, 0.25) is 0 Å². The molecule has 4 nitrogen and oxygen atoms in total. The predicted octanol–water partition coefficient (Wildman–Crippen LogP) is 0.593. The Bertz CT molecular complexity index is 706. The highest BCUT2D eigenvalue weighted by atomic mass is 35.7. The van der Waals surface area contributed by atoms with Gasteiger partial charge >= 0.3 is 0 Å². The maximum absolute atomic E-state index is 8.49. The van der Waals surface area contributed by atoms with E-state index in [1.54, 1.807) is 0 Å². The summed E-state index contributed by atoms with van der Waals surface area (Å²) in [6.45, 7) is 0. The van der Waals surface area contributed by atoms with Gasteiger partial charge in [0.05, 0.1) is 29.1 Å². The van der Waals surface area contributed by atoms with E-state index in [2.05, 4.69) is 66.0 Å². The van der Waals surface area contributed by atoms with Crippen molar-refractivity contribution in [2.75, 3.05) is 0 Å². The summed E-state index contributed by atoms with van der Waals surface area (Å²) in [6, 6.07) is 21.2. The van der Waals surface area contributed by atoms with Crippen LogP contribution in [0, 0.1) is 10.2 Å². The standard InChI is InChI=1S/C16H13S2.ClHO4/c1-3-7-13(8-4-1)11-16-17-12-15(18-16)14-9-5-2-6-10-14;2-1(3,4)5/h1-10,12H,11H2;(H,2,3,4,5)/q+1;/p-1. The van der Waals surface area contributed by atoms with Crippen LogP contribution in [-0.2, 0) is 6.42 Å². The summed E-state index contributed by atoms with van der Waals surface area (Å²) in [5.41, 5.74) is 2.70. The zero-order valence-electron chi connectivity index (χ0n) is 11.9. The molecule has 3 aromatic rings. The second-order valence-corrected chi connectivity index (χ2v) is 7.60. The molecule has 0 radical (unpaired) electrons. The molecule has 3 rings (SSSR count).